The number of alkyl halides is 3. The van der Waals surface area contributed by atoms with Crippen molar-refractivity contribution in [2.45, 2.75) is 32.7 Å². The summed E-state index contributed by atoms with van der Waals surface area (Å²) in [6.45, 7) is 2.73. The average Bonchev–Trinajstić information content (AvgIpc) is 2.58. The van der Waals surface area contributed by atoms with Crippen LogP contribution in [0.2, 0.25) is 0 Å². The third-order valence-electron chi connectivity index (χ3n) is 3.13. The van der Waals surface area contributed by atoms with Crippen LogP contribution in [0.5, 0.6) is 11.6 Å². The predicted octanol–water partition coefficient (Wildman–Crippen LogP) is 3.74. The first-order chi connectivity index (χ1) is 12.2. The molecule has 1 aromatic carbocycles. The number of hydrogen-bond donors (Lipinski definition) is 1. The van der Waals surface area contributed by atoms with E-state index >= 15 is 0 Å². The molecule has 1 aromatic heterocycles. The number of pyridine rings is 1. The average molecular weight is 368 g/mol. The lowest BCUT2D eigenvalue weighted by Crippen LogP contribution is -2.23. The van der Waals surface area contributed by atoms with Gasteiger partial charge in [-0.1, -0.05) is 12.1 Å². The Kier molecular flexibility index (Phi) is 6.43. The Morgan fingerprint density at radius 1 is 1.15 bits per heavy atom. The van der Waals surface area contributed by atoms with Gasteiger partial charge in [0.2, 0.25) is 5.88 Å². The summed E-state index contributed by atoms with van der Waals surface area (Å²) < 4.78 is 46.2. The number of carbonyl (C=O) groups is 1. The highest BCUT2D eigenvalue weighted by atomic mass is 19.4. The molecule has 0 radical (unpaired) electrons. The number of amides is 1. The predicted molar refractivity (Wildman–Crippen MR) is 89.2 cm³/mol. The SMILES string of the molecule is CC(C)Oc1ccc(CNC(=O)c2ccc(OCC(F)(F)F)nc2)cc1. The van der Waals surface area contributed by atoms with E-state index in [0.29, 0.717) is 6.54 Å². The van der Waals surface area contributed by atoms with E-state index in [1.165, 1.54) is 18.3 Å². The van der Waals surface area contributed by atoms with Crippen LogP contribution >= 0.6 is 0 Å². The summed E-state index contributed by atoms with van der Waals surface area (Å²) >= 11 is 0. The molecule has 0 fully saturated rings. The molecule has 8 heteroatoms. The number of aromatic nitrogens is 1. The highest BCUT2D eigenvalue weighted by Crippen LogP contribution is 2.17. The molecule has 1 amide bonds. The first kappa shape index (κ1) is 19.6. The number of rotatable bonds is 7. The zero-order valence-corrected chi connectivity index (χ0v) is 14.3. The Labute approximate surface area is 149 Å². The van der Waals surface area contributed by atoms with Crippen molar-refractivity contribution in [3.63, 3.8) is 0 Å². The summed E-state index contributed by atoms with van der Waals surface area (Å²) in [5.41, 5.74) is 1.11. The van der Waals surface area contributed by atoms with Crippen LogP contribution in [0.4, 0.5) is 13.2 Å². The zero-order valence-electron chi connectivity index (χ0n) is 14.3. The molecule has 0 saturated heterocycles. The lowest BCUT2D eigenvalue weighted by molar-refractivity contribution is -0.154. The van der Waals surface area contributed by atoms with E-state index in [2.05, 4.69) is 15.0 Å². The van der Waals surface area contributed by atoms with Gasteiger partial charge in [-0.15, -0.1) is 0 Å². The molecule has 2 rings (SSSR count). The lowest BCUT2D eigenvalue weighted by atomic mass is 10.2. The van der Waals surface area contributed by atoms with Crippen LogP contribution in [0.25, 0.3) is 0 Å². The van der Waals surface area contributed by atoms with Gasteiger partial charge in [-0.05, 0) is 37.6 Å². The Morgan fingerprint density at radius 2 is 1.85 bits per heavy atom. The summed E-state index contributed by atoms with van der Waals surface area (Å²) in [4.78, 5) is 15.8. The van der Waals surface area contributed by atoms with Crippen molar-refractivity contribution >= 4 is 5.91 Å². The second kappa shape index (κ2) is 8.55. The molecule has 1 heterocycles. The van der Waals surface area contributed by atoms with E-state index < -0.39 is 12.8 Å². The fraction of sp³-hybridized carbons (Fsp3) is 0.333. The van der Waals surface area contributed by atoms with Gasteiger partial charge in [0.25, 0.3) is 5.91 Å². The van der Waals surface area contributed by atoms with Crippen molar-refractivity contribution in [3.8, 4) is 11.6 Å². The minimum atomic E-state index is -4.44. The van der Waals surface area contributed by atoms with Crippen molar-refractivity contribution in [2.24, 2.45) is 0 Å². The second-order valence-corrected chi connectivity index (χ2v) is 5.78. The molecule has 26 heavy (non-hydrogen) atoms. The van der Waals surface area contributed by atoms with Gasteiger partial charge in [-0.25, -0.2) is 4.98 Å². The highest BCUT2D eigenvalue weighted by molar-refractivity contribution is 5.93. The number of halogens is 3. The van der Waals surface area contributed by atoms with E-state index in [9.17, 15) is 18.0 Å². The minimum absolute atomic E-state index is 0.0798. The molecule has 2 aromatic rings. The monoisotopic (exact) mass is 368 g/mol. The first-order valence-electron chi connectivity index (χ1n) is 7.92. The number of ether oxygens (including phenoxy) is 2. The maximum Gasteiger partial charge on any atom is 0.422 e. The molecular weight excluding hydrogens is 349 g/mol. The van der Waals surface area contributed by atoms with E-state index in [1.807, 2.05) is 38.1 Å². The maximum atomic E-state index is 12.1. The van der Waals surface area contributed by atoms with E-state index in [1.54, 1.807) is 0 Å². The van der Waals surface area contributed by atoms with Crippen LogP contribution < -0.4 is 14.8 Å². The van der Waals surface area contributed by atoms with Gasteiger partial charge in [-0.3, -0.25) is 4.79 Å². The topological polar surface area (TPSA) is 60.5 Å². The van der Waals surface area contributed by atoms with Crippen LogP contribution in [-0.4, -0.2) is 29.8 Å². The van der Waals surface area contributed by atoms with Crippen molar-refractivity contribution in [3.05, 3.63) is 53.7 Å². The van der Waals surface area contributed by atoms with Crippen LogP contribution in [0.1, 0.15) is 29.8 Å². The summed E-state index contributed by atoms with van der Waals surface area (Å²) in [6, 6.07) is 9.88. The Balaban J connectivity index is 1.85. The summed E-state index contributed by atoms with van der Waals surface area (Å²) in [5, 5.41) is 2.71. The number of benzene rings is 1. The third kappa shape index (κ3) is 6.62. The van der Waals surface area contributed by atoms with Gasteiger partial charge < -0.3 is 14.8 Å². The molecule has 0 saturated carbocycles. The molecule has 0 spiro atoms. The van der Waals surface area contributed by atoms with Crippen molar-refractivity contribution < 1.29 is 27.4 Å². The van der Waals surface area contributed by atoms with Crippen LogP contribution in [0, 0.1) is 0 Å². The van der Waals surface area contributed by atoms with E-state index in [4.69, 9.17) is 4.74 Å². The summed E-state index contributed by atoms with van der Waals surface area (Å²) in [7, 11) is 0. The third-order valence-corrected chi connectivity index (χ3v) is 3.13. The smallest absolute Gasteiger partial charge is 0.422 e. The normalized spacial score (nSPS) is 11.3. The summed E-state index contributed by atoms with van der Waals surface area (Å²) in [5.74, 6) is 0.163. The van der Waals surface area contributed by atoms with Crippen molar-refractivity contribution in [2.75, 3.05) is 6.61 Å². The molecule has 0 unspecified atom stereocenters. The number of nitrogens with one attached hydrogen (secondary N) is 1. The number of hydrogen-bond acceptors (Lipinski definition) is 4. The van der Waals surface area contributed by atoms with Crippen molar-refractivity contribution in [1.82, 2.24) is 10.3 Å². The highest BCUT2D eigenvalue weighted by Gasteiger charge is 2.28. The fourth-order valence-electron chi connectivity index (χ4n) is 2.00. The maximum absolute atomic E-state index is 12.1. The summed E-state index contributed by atoms with van der Waals surface area (Å²) in [6.07, 6.45) is -3.19. The quantitative estimate of drug-likeness (QED) is 0.809. The number of carbonyl (C=O) groups excluding carboxylic acids is 1. The molecule has 0 aliphatic carbocycles. The molecule has 0 atom stereocenters. The Bertz CT molecular complexity index is 714. The van der Waals surface area contributed by atoms with Crippen molar-refractivity contribution in [1.29, 1.82) is 0 Å². The van der Waals surface area contributed by atoms with Gasteiger partial charge in [0.15, 0.2) is 6.61 Å². The molecule has 0 aliphatic rings. The fourth-order valence-corrected chi connectivity index (χ4v) is 2.00. The standard InChI is InChI=1S/C18H19F3N2O3/c1-12(2)26-15-6-3-13(4-7-15)9-23-17(24)14-5-8-16(22-10-14)25-11-18(19,20)21/h3-8,10,12H,9,11H2,1-2H3,(H,23,24). The van der Waals surface area contributed by atoms with E-state index in [0.717, 1.165) is 11.3 Å². The lowest BCUT2D eigenvalue weighted by Gasteiger charge is -2.11. The second-order valence-electron chi connectivity index (χ2n) is 5.78. The molecule has 140 valence electrons. The van der Waals surface area contributed by atoms with Gasteiger partial charge in [-0.2, -0.15) is 13.2 Å². The van der Waals surface area contributed by atoms with Crippen LogP contribution in [-0.2, 0) is 6.54 Å². The molecule has 1 N–H and O–H groups in total. The first-order valence-corrected chi connectivity index (χ1v) is 7.92. The van der Waals surface area contributed by atoms with Gasteiger partial charge in [0.05, 0.1) is 11.7 Å². The van der Waals surface area contributed by atoms with Gasteiger partial charge in [0.1, 0.15) is 5.75 Å². The zero-order chi connectivity index (χ0) is 19.2. The molecule has 5 nitrogen and oxygen atoms in total. The van der Waals surface area contributed by atoms with Gasteiger partial charge >= 0.3 is 6.18 Å². The van der Waals surface area contributed by atoms with E-state index in [-0.39, 0.29) is 23.5 Å². The molecule has 0 bridgehead atoms. The number of nitrogens with zero attached hydrogens (tertiary/aromatic N) is 1. The molecular formula is C18H19F3N2O3. The van der Waals surface area contributed by atoms with Gasteiger partial charge in [0, 0.05) is 18.8 Å². The molecule has 0 aliphatic heterocycles. The largest absolute Gasteiger partial charge is 0.491 e. The van der Waals surface area contributed by atoms with Crippen LogP contribution in [0.3, 0.4) is 0 Å². The Morgan fingerprint density at radius 3 is 2.38 bits per heavy atom. The Hall–Kier alpha value is -2.77. The van der Waals surface area contributed by atoms with Crippen LogP contribution in [0.15, 0.2) is 42.6 Å². The minimum Gasteiger partial charge on any atom is -0.491 e.